The smallest absolute Gasteiger partial charge is 0.254 e. The minimum atomic E-state index is -0.0205. The predicted molar refractivity (Wildman–Crippen MR) is 142 cm³/mol. The number of rotatable bonds is 7. The molecule has 35 heavy (non-hydrogen) atoms. The van der Waals surface area contributed by atoms with Crippen LogP contribution in [0, 0.1) is 13.8 Å². The summed E-state index contributed by atoms with van der Waals surface area (Å²) in [5.41, 5.74) is 10.8. The summed E-state index contributed by atoms with van der Waals surface area (Å²) in [5.74, 6) is -0.0205. The standard InChI is InChI=1S/C27H36Cl2N4O2/c1-19-3-4-21(13-20(19)2)14-25-18-31(6-5-26(30)32-9-11-35-12-10-32)7-8-33(25)27(34)22-15-23(28)17-24(29)16-22/h3-4,13,15-17,25-26H,5-12,14,18,30H2,1-2H3/t25-,26?/m1/s1. The molecule has 2 saturated heterocycles. The molecular formula is C27H36Cl2N4O2. The molecule has 190 valence electrons. The van der Waals surface area contributed by atoms with E-state index < -0.39 is 0 Å². The number of hydrogen-bond acceptors (Lipinski definition) is 5. The van der Waals surface area contributed by atoms with Gasteiger partial charge in [-0.05, 0) is 61.6 Å². The summed E-state index contributed by atoms with van der Waals surface area (Å²) < 4.78 is 5.45. The number of carbonyl (C=O) groups excluding carboxylic acids is 1. The number of nitrogens with two attached hydrogens (primary N) is 1. The average molecular weight is 520 g/mol. The molecule has 0 aromatic heterocycles. The Kier molecular flexibility index (Phi) is 9.08. The van der Waals surface area contributed by atoms with Gasteiger partial charge in [0.1, 0.15) is 0 Å². The van der Waals surface area contributed by atoms with Crippen molar-refractivity contribution in [2.24, 2.45) is 5.73 Å². The molecule has 2 atom stereocenters. The van der Waals surface area contributed by atoms with Gasteiger partial charge in [0.25, 0.3) is 5.91 Å². The second-order valence-corrected chi connectivity index (χ2v) is 10.6. The lowest BCUT2D eigenvalue weighted by molar-refractivity contribution is 0.0109. The minimum Gasteiger partial charge on any atom is -0.379 e. The van der Waals surface area contributed by atoms with Crippen molar-refractivity contribution in [3.05, 3.63) is 68.7 Å². The first-order chi connectivity index (χ1) is 16.8. The molecule has 2 aromatic rings. The molecule has 6 nitrogen and oxygen atoms in total. The first-order valence-electron chi connectivity index (χ1n) is 12.4. The lowest BCUT2D eigenvalue weighted by atomic mass is 9.97. The topological polar surface area (TPSA) is 62.0 Å². The van der Waals surface area contributed by atoms with E-state index in [4.69, 9.17) is 33.7 Å². The third-order valence-electron chi connectivity index (χ3n) is 7.24. The van der Waals surface area contributed by atoms with Crippen LogP contribution in [-0.4, -0.2) is 85.3 Å². The van der Waals surface area contributed by atoms with Gasteiger partial charge in [-0.15, -0.1) is 0 Å². The van der Waals surface area contributed by atoms with E-state index in [0.717, 1.165) is 58.8 Å². The fourth-order valence-electron chi connectivity index (χ4n) is 5.02. The summed E-state index contributed by atoms with van der Waals surface area (Å²) in [4.78, 5) is 20.3. The first-order valence-corrected chi connectivity index (χ1v) is 13.2. The van der Waals surface area contributed by atoms with Gasteiger partial charge in [-0.2, -0.15) is 0 Å². The van der Waals surface area contributed by atoms with Crippen molar-refractivity contribution in [3.8, 4) is 0 Å². The maximum atomic E-state index is 13.6. The highest BCUT2D eigenvalue weighted by molar-refractivity contribution is 6.35. The van der Waals surface area contributed by atoms with Gasteiger partial charge in [-0.3, -0.25) is 14.6 Å². The SMILES string of the molecule is Cc1ccc(C[C@@H]2CN(CCC(N)N3CCOCC3)CCN2C(=O)c2cc(Cl)cc(Cl)c2)cc1C. The third kappa shape index (κ3) is 6.97. The summed E-state index contributed by atoms with van der Waals surface area (Å²) >= 11 is 12.4. The zero-order chi connectivity index (χ0) is 24.9. The van der Waals surface area contributed by atoms with Gasteiger partial charge in [0, 0.05) is 60.9 Å². The number of aryl methyl sites for hydroxylation is 2. The Labute approximate surface area is 218 Å². The van der Waals surface area contributed by atoms with Gasteiger partial charge in [0.15, 0.2) is 0 Å². The molecule has 0 saturated carbocycles. The van der Waals surface area contributed by atoms with Crippen molar-refractivity contribution in [1.82, 2.24) is 14.7 Å². The molecule has 2 fully saturated rings. The summed E-state index contributed by atoms with van der Waals surface area (Å²) in [6.45, 7) is 10.7. The molecule has 4 rings (SSSR count). The van der Waals surface area contributed by atoms with E-state index >= 15 is 0 Å². The molecule has 2 aliphatic heterocycles. The van der Waals surface area contributed by atoms with Gasteiger partial charge in [0.2, 0.25) is 0 Å². The maximum absolute atomic E-state index is 13.6. The molecule has 8 heteroatoms. The van der Waals surface area contributed by atoms with Gasteiger partial charge >= 0.3 is 0 Å². The van der Waals surface area contributed by atoms with Crippen LogP contribution in [0.15, 0.2) is 36.4 Å². The van der Waals surface area contributed by atoms with Crippen molar-refractivity contribution in [3.63, 3.8) is 0 Å². The summed E-state index contributed by atoms with van der Waals surface area (Å²) in [5, 5.41) is 0.949. The number of benzene rings is 2. The van der Waals surface area contributed by atoms with Gasteiger partial charge in [-0.25, -0.2) is 0 Å². The highest BCUT2D eigenvalue weighted by Crippen LogP contribution is 2.24. The molecule has 2 aromatic carbocycles. The molecule has 0 aliphatic carbocycles. The van der Waals surface area contributed by atoms with Crippen LogP contribution in [0.3, 0.4) is 0 Å². The Bertz CT molecular complexity index is 1010. The Morgan fingerprint density at radius 3 is 2.43 bits per heavy atom. The number of hydrogen-bond donors (Lipinski definition) is 1. The molecule has 2 heterocycles. The van der Waals surface area contributed by atoms with Crippen LogP contribution in [0.2, 0.25) is 10.0 Å². The molecule has 0 bridgehead atoms. The number of halogens is 2. The van der Waals surface area contributed by atoms with Crippen LogP contribution < -0.4 is 5.73 Å². The first kappa shape index (κ1) is 26.4. The number of ether oxygens (including phenoxy) is 1. The van der Waals surface area contributed by atoms with Gasteiger partial charge in [0.05, 0.1) is 19.4 Å². The summed E-state index contributed by atoms with van der Waals surface area (Å²) in [6.07, 6.45) is 1.73. The van der Waals surface area contributed by atoms with Crippen molar-refractivity contribution in [2.75, 3.05) is 52.5 Å². The van der Waals surface area contributed by atoms with Crippen LogP contribution >= 0.6 is 23.2 Å². The van der Waals surface area contributed by atoms with E-state index in [9.17, 15) is 4.79 Å². The van der Waals surface area contributed by atoms with Gasteiger partial charge in [-0.1, -0.05) is 41.4 Å². The van der Waals surface area contributed by atoms with E-state index in [2.05, 4.69) is 41.8 Å². The fraction of sp³-hybridized carbons (Fsp3) is 0.519. The van der Waals surface area contributed by atoms with Crippen molar-refractivity contribution >= 4 is 29.1 Å². The highest BCUT2D eigenvalue weighted by atomic mass is 35.5. The molecule has 2 N–H and O–H groups in total. The zero-order valence-corrected chi connectivity index (χ0v) is 22.2. The molecule has 0 spiro atoms. The van der Waals surface area contributed by atoms with E-state index in [1.807, 2.05) is 4.90 Å². The molecule has 1 amide bonds. The Morgan fingerprint density at radius 1 is 1.03 bits per heavy atom. The van der Waals surface area contributed by atoms with Crippen LogP contribution in [0.25, 0.3) is 0 Å². The largest absolute Gasteiger partial charge is 0.379 e. The second kappa shape index (κ2) is 12.0. The van der Waals surface area contributed by atoms with Crippen LogP contribution in [0.4, 0.5) is 0 Å². The predicted octanol–water partition coefficient (Wildman–Crippen LogP) is 3.99. The van der Waals surface area contributed by atoms with E-state index in [1.54, 1.807) is 18.2 Å². The van der Waals surface area contributed by atoms with Crippen LogP contribution in [0.5, 0.6) is 0 Å². The maximum Gasteiger partial charge on any atom is 0.254 e. The monoisotopic (exact) mass is 518 g/mol. The van der Waals surface area contributed by atoms with Crippen LogP contribution in [-0.2, 0) is 11.2 Å². The van der Waals surface area contributed by atoms with Crippen LogP contribution in [0.1, 0.15) is 33.5 Å². The van der Waals surface area contributed by atoms with Crippen molar-refractivity contribution in [1.29, 1.82) is 0 Å². The van der Waals surface area contributed by atoms with E-state index in [-0.39, 0.29) is 18.1 Å². The Hall–Kier alpha value is -1.67. The molecule has 2 aliphatic rings. The number of morpholine rings is 1. The minimum absolute atomic E-state index is 0.0205. The number of nitrogens with zero attached hydrogens (tertiary/aromatic N) is 3. The highest BCUT2D eigenvalue weighted by Gasteiger charge is 2.32. The zero-order valence-electron chi connectivity index (χ0n) is 20.7. The average Bonchev–Trinajstić information content (AvgIpc) is 2.84. The lowest BCUT2D eigenvalue weighted by Crippen LogP contribution is -2.57. The lowest BCUT2D eigenvalue weighted by Gasteiger charge is -2.42. The summed E-state index contributed by atoms with van der Waals surface area (Å²) in [6, 6.07) is 11.7. The Morgan fingerprint density at radius 2 is 1.74 bits per heavy atom. The number of carbonyl (C=O) groups is 1. The fourth-order valence-corrected chi connectivity index (χ4v) is 5.54. The second-order valence-electron chi connectivity index (χ2n) is 9.74. The van der Waals surface area contributed by atoms with Crippen molar-refractivity contribution in [2.45, 2.75) is 38.9 Å². The third-order valence-corrected chi connectivity index (χ3v) is 7.67. The van der Waals surface area contributed by atoms with Gasteiger partial charge < -0.3 is 15.4 Å². The Balaban J connectivity index is 1.47. The van der Waals surface area contributed by atoms with E-state index in [1.165, 1.54) is 16.7 Å². The molecular weight excluding hydrogens is 483 g/mol. The summed E-state index contributed by atoms with van der Waals surface area (Å²) in [7, 11) is 0. The normalized spacial score (nSPS) is 20.7. The number of amides is 1. The molecule has 0 radical (unpaired) electrons. The van der Waals surface area contributed by atoms with Crippen molar-refractivity contribution < 1.29 is 9.53 Å². The molecule has 1 unspecified atom stereocenters. The number of piperazine rings is 1. The quantitative estimate of drug-likeness (QED) is 0.600. The van der Waals surface area contributed by atoms with E-state index in [0.29, 0.717) is 22.2 Å².